The van der Waals surface area contributed by atoms with Crippen molar-refractivity contribution >= 4 is 50.9 Å². The van der Waals surface area contributed by atoms with Crippen molar-refractivity contribution < 1.29 is 24.2 Å². The quantitative estimate of drug-likeness (QED) is 0.332. The van der Waals surface area contributed by atoms with Crippen LogP contribution in [0, 0.1) is 18.8 Å². The van der Waals surface area contributed by atoms with Gasteiger partial charge in [-0.05, 0) is 31.4 Å². The lowest BCUT2D eigenvalue weighted by Crippen LogP contribution is -2.57. The van der Waals surface area contributed by atoms with Crippen LogP contribution in [0.25, 0.3) is 0 Å². The molecule has 3 fully saturated rings. The third kappa shape index (κ3) is 4.43. The van der Waals surface area contributed by atoms with E-state index < -0.39 is 29.6 Å². The minimum atomic E-state index is -1.19. The molecule has 3 aliphatic rings. The molecule has 8 nitrogen and oxygen atoms in total. The second kappa shape index (κ2) is 10.9. The third-order valence-corrected chi connectivity index (χ3v) is 8.83. The van der Waals surface area contributed by atoms with Crippen molar-refractivity contribution in [2.45, 2.75) is 42.3 Å². The van der Waals surface area contributed by atoms with E-state index in [-0.39, 0.29) is 42.2 Å². The van der Waals surface area contributed by atoms with Crippen LogP contribution in [0.1, 0.15) is 18.4 Å². The summed E-state index contributed by atoms with van der Waals surface area (Å²) in [5.41, 5.74) is 0.161. The van der Waals surface area contributed by atoms with Crippen molar-refractivity contribution in [2.75, 3.05) is 38.2 Å². The maximum Gasteiger partial charge on any atom is 0.253 e. The van der Waals surface area contributed by atoms with Crippen molar-refractivity contribution in [1.82, 2.24) is 9.80 Å². The molecule has 3 unspecified atom stereocenters. The molecule has 3 amide bonds. The number of hydrogen-bond donors (Lipinski definition) is 1. The van der Waals surface area contributed by atoms with Crippen LogP contribution in [-0.4, -0.2) is 88.5 Å². The molecule has 10 heteroatoms. The summed E-state index contributed by atoms with van der Waals surface area (Å²) in [6.07, 6.45) is 3.39. The van der Waals surface area contributed by atoms with E-state index in [0.717, 1.165) is 5.56 Å². The second-order valence-electron chi connectivity index (χ2n) is 9.92. The number of aliphatic hydroxyl groups is 1. The molecule has 6 atom stereocenters. The number of likely N-dealkylation sites (tertiary alicyclic amines) is 1. The van der Waals surface area contributed by atoms with Crippen LogP contribution >= 0.6 is 27.5 Å². The summed E-state index contributed by atoms with van der Waals surface area (Å²) >= 11 is 10.2. The topological polar surface area (TPSA) is 90.4 Å². The van der Waals surface area contributed by atoms with Crippen LogP contribution in [0.5, 0.6) is 0 Å². The average molecular weight is 595 g/mol. The first-order valence-electron chi connectivity index (χ1n) is 12.4. The molecule has 1 aromatic carbocycles. The van der Waals surface area contributed by atoms with Crippen LogP contribution in [0.4, 0.5) is 5.69 Å². The lowest BCUT2D eigenvalue weighted by molar-refractivity contribution is -0.144. The van der Waals surface area contributed by atoms with E-state index in [1.165, 1.54) is 9.80 Å². The summed E-state index contributed by atoms with van der Waals surface area (Å²) in [6.45, 7) is 9.93. The summed E-state index contributed by atoms with van der Waals surface area (Å²) < 4.78 is 6.55. The maximum atomic E-state index is 14.5. The molecule has 0 radical (unpaired) electrons. The summed E-state index contributed by atoms with van der Waals surface area (Å²) in [5.74, 6) is -2.41. The Morgan fingerprint density at radius 1 is 1.30 bits per heavy atom. The number of alkyl halides is 1. The number of ether oxygens (including phenoxy) is 1. The molecule has 2 bridgehead atoms. The van der Waals surface area contributed by atoms with E-state index in [1.54, 1.807) is 30.2 Å². The monoisotopic (exact) mass is 593 g/mol. The van der Waals surface area contributed by atoms with E-state index >= 15 is 0 Å². The Labute approximate surface area is 231 Å². The number of carbonyl (C=O) groups excluding carboxylic acids is 3. The van der Waals surface area contributed by atoms with Gasteiger partial charge in [-0.15, -0.1) is 13.2 Å². The molecule has 200 valence electrons. The fourth-order valence-electron chi connectivity index (χ4n) is 6.24. The molecule has 3 aliphatic heterocycles. The van der Waals surface area contributed by atoms with Gasteiger partial charge in [0.2, 0.25) is 11.8 Å². The maximum absolute atomic E-state index is 14.5. The van der Waals surface area contributed by atoms with E-state index in [4.69, 9.17) is 16.3 Å². The number of para-hydroxylation sites is 1. The number of nitrogens with zero attached hydrogens (tertiary/aromatic N) is 3. The third-order valence-electron chi connectivity index (χ3n) is 7.68. The Bertz CT molecular complexity index is 1100. The molecule has 1 spiro atoms. The van der Waals surface area contributed by atoms with Gasteiger partial charge in [0.15, 0.2) is 0 Å². The largest absolute Gasteiger partial charge is 0.396 e. The number of anilines is 1. The summed E-state index contributed by atoms with van der Waals surface area (Å²) in [4.78, 5) is 46.4. The van der Waals surface area contributed by atoms with Gasteiger partial charge in [0.1, 0.15) is 11.6 Å². The molecular formula is C27H33BrClN3O5. The van der Waals surface area contributed by atoms with E-state index in [9.17, 15) is 19.5 Å². The van der Waals surface area contributed by atoms with Gasteiger partial charge in [-0.1, -0.05) is 51.8 Å². The highest BCUT2D eigenvalue weighted by Gasteiger charge is 2.76. The van der Waals surface area contributed by atoms with Gasteiger partial charge in [-0.3, -0.25) is 14.4 Å². The lowest BCUT2D eigenvalue weighted by atomic mass is 9.70. The zero-order valence-electron chi connectivity index (χ0n) is 21.1. The minimum absolute atomic E-state index is 0.142. The highest BCUT2D eigenvalue weighted by molar-refractivity contribution is 9.09. The van der Waals surface area contributed by atoms with Crippen LogP contribution in [0.3, 0.4) is 0 Å². The van der Waals surface area contributed by atoms with Crippen LogP contribution in [0.15, 0.2) is 43.5 Å². The first-order chi connectivity index (χ1) is 17.6. The van der Waals surface area contributed by atoms with E-state index in [2.05, 4.69) is 29.1 Å². The Kier molecular flexibility index (Phi) is 8.19. The van der Waals surface area contributed by atoms with Gasteiger partial charge in [-0.2, -0.15) is 0 Å². The second-order valence-corrected chi connectivity index (χ2v) is 11.5. The molecule has 1 aromatic rings. The Morgan fingerprint density at radius 3 is 2.62 bits per heavy atom. The smallest absolute Gasteiger partial charge is 0.253 e. The van der Waals surface area contributed by atoms with Gasteiger partial charge in [0.05, 0.1) is 28.6 Å². The lowest BCUT2D eigenvalue weighted by Gasteiger charge is -2.37. The zero-order chi connectivity index (χ0) is 27.1. The number of aliphatic hydroxyl groups excluding tert-OH is 1. The highest BCUT2D eigenvalue weighted by Crippen LogP contribution is 2.60. The van der Waals surface area contributed by atoms with Crippen molar-refractivity contribution in [3.05, 3.63) is 54.1 Å². The van der Waals surface area contributed by atoms with Crippen molar-refractivity contribution in [3.63, 3.8) is 0 Å². The number of amides is 3. The van der Waals surface area contributed by atoms with E-state index in [0.29, 0.717) is 30.1 Å². The molecule has 0 aromatic heterocycles. The summed E-state index contributed by atoms with van der Waals surface area (Å²) in [6, 6.07) is 4.41. The van der Waals surface area contributed by atoms with Gasteiger partial charge >= 0.3 is 0 Å². The minimum Gasteiger partial charge on any atom is -0.396 e. The van der Waals surface area contributed by atoms with Crippen LogP contribution < -0.4 is 4.90 Å². The SMILES string of the molecule is C=CCN(C)C(=O)[C@H]1[C@H]2C(=O)N(CCCO)C(C(=O)N(CC=C)c3c(C)cccc3Cl)C23CC(Br)[C@@H]1O3. The fourth-order valence-corrected chi connectivity index (χ4v) is 7.51. The summed E-state index contributed by atoms with van der Waals surface area (Å²) in [5, 5.41) is 9.96. The standard InChI is InChI=1S/C27H33BrClN3O5/c1-5-11-30(4)24(34)19-20-25(35)32(13-8-14-33)23(27(20)15-17(28)22(19)37-27)26(36)31(12-6-2)21-16(3)9-7-10-18(21)29/h5-7,9-10,17,19-20,22-23,33H,1-2,8,11-15H2,3-4H3/t17?,19-,20-,22-,23?,27?/m0/s1. The first kappa shape index (κ1) is 27.8. The van der Waals surface area contributed by atoms with Crippen molar-refractivity contribution in [1.29, 1.82) is 0 Å². The molecule has 4 rings (SSSR count). The van der Waals surface area contributed by atoms with Crippen LogP contribution in [-0.2, 0) is 19.1 Å². The summed E-state index contributed by atoms with van der Waals surface area (Å²) in [7, 11) is 1.67. The Morgan fingerprint density at radius 2 is 2.00 bits per heavy atom. The van der Waals surface area contributed by atoms with Gasteiger partial charge in [-0.25, -0.2) is 0 Å². The molecule has 3 heterocycles. The number of benzene rings is 1. The Balaban J connectivity index is 1.82. The number of likely N-dealkylation sites (N-methyl/N-ethyl adjacent to an activating group) is 1. The number of hydrogen-bond acceptors (Lipinski definition) is 5. The van der Waals surface area contributed by atoms with Gasteiger partial charge in [0, 0.05) is 38.1 Å². The number of rotatable bonds is 10. The fraction of sp³-hybridized carbons (Fsp3) is 0.519. The van der Waals surface area contributed by atoms with Gasteiger partial charge in [0.25, 0.3) is 5.91 Å². The van der Waals surface area contributed by atoms with Crippen molar-refractivity contribution in [3.8, 4) is 0 Å². The highest BCUT2D eigenvalue weighted by atomic mass is 79.9. The molecule has 37 heavy (non-hydrogen) atoms. The van der Waals surface area contributed by atoms with Gasteiger partial charge < -0.3 is 24.5 Å². The van der Waals surface area contributed by atoms with Crippen LogP contribution in [0.2, 0.25) is 5.02 Å². The first-order valence-corrected chi connectivity index (χ1v) is 13.7. The predicted molar refractivity (Wildman–Crippen MR) is 146 cm³/mol. The molecular weight excluding hydrogens is 562 g/mol. The normalized spacial score (nSPS) is 29.8. The molecule has 0 aliphatic carbocycles. The number of carbonyl (C=O) groups is 3. The zero-order valence-corrected chi connectivity index (χ0v) is 23.5. The molecule has 0 saturated carbocycles. The Hall–Kier alpha value is -2.20. The predicted octanol–water partition coefficient (Wildman–Crippen LogP) is 2.94. The number of halogens is 2. The number of aryl methyl sites for hydroxylation is 1. The number of fused-ring (bicyclic) bond motifs is 1. The average Bonchev–Trinajstić information content (AvgIpc) is 3.44. The molecule has 1 N–H and O–H groups in total. The molecule has 3 saturated heterocycles. The van der Waals surface area contributed by atoms with Crippen molar-refractivity contribution in [2.24, 2.45) is 11.8 Å². The van der Waals surface area contributed by atoms with E-state index in [1.807, 2.05) is 19.1 Å².